The minimum Gasteiger partial charge on any atom is -0.465 e. The summed E-state index contributed by atoms with van der Waals surface area (Å²) < 4.78 is 4.87. The zero-order valence-corrected chi connectivity index (χ0v) is 9.62. The van der Waals surface area contributed by atoms with E-state index in [1.165, 1.54) is 0 Å². The molecule has 0 aliphatic rings. The van der Waals surface area contributed by atoms with E-state index in [-0.39, 0.29) is 0 Å². The van der Waals surface area contributed by atoms with E-state index in [2.05, 4.69) is 10.6 Å². The predicted molar refractivity (Wildman–Crippen MR) is 59.5 cm³/mol. The lowest BCUT2D eigenvalue weighted by atomic mass is 10.3. The van der Waals surface area contributed by atoms with Crippen LogP contribution in [0.4, 0.5) is 9.59 Å². The summed E-state index contributed by atoms with van der Waals surface area (Å²) in [6.07, 6.45) is 1.85. The molecule has 16 heavy (non-hydrogen) atoms. The Morgan fingerprint density at radius 3 is 2.44 bits per heavy atom. The van der Waals surface area contributed by atoms with Crippen LogP contribution in [0, 0.1) is 0 Å². The van der Waals surface area contributed by atoms with E-state index in [0.29, 0.717) is 32.5 Å². The number of hydrogen-bond acceptors (Lipinski definition) is 3. The summed E-state index contributed by atoms with van der Waals surface area (Å²) in [4.78, 5) is 21.1. The third-order valence-electron chi connectivity index (χ3n) is 1.88. The number of carbonyl (C=O) groups is 2. The molecule has 94 valence electrons. The molecule has 0 aromatic carbocycles. The van der Waals surface area contributed by atoms with Gasteiger partial charge in [-0.1, -0.05) is 13.3 Å². The van der Waals surface area contributed by atoms with Crippen LogP contribution in [0.2, 0.25) is 0 Å². The van der Waals surface area contributed by atoms with E-state index >= 15 is 0 Å². The quantitative estimate of drug-likeness (QED) is 0.554. The molecular formula is C10H20N2O4. The Kier molecular flexibility index (Phi) is 9.15. The average molecular weight is 232 g/mol. The van der Waals surface area contributed by atoms with Crippen LogP contribution in [-0.4, -0.2) is 37.0 Å². The molecule has 0 aromatic heterocycles. The van der Waals surface area contributed by atoms with E-state index in [0.717, 1.165) is 12.8 Å². The summed E-state index contributed by atoms with van der Waals surface area (Å²) in [5.41, 5.74) is 0. The predicted octanol–water partition coefficient (Wildman–Crippen LogP) is 1.56. The molecule has 0 aromatic rings. The highest BCUT2D eigenvalue weighted by Gasteiger charge is 2.00. The minimum atomic E-state index is -1.03. The number of hydrogen-bond donors (Lipinski definition) is 3. The highest BCUT2D eigenvalue weighted by atomic mass is 16.5. The molecule has 3 N–H and O–H groups in total. The van der Waals surface area contributed by atoms with Crippen molar-refractivity contribution in [2.24, 2.45) is 0 Å². The highest BCUT2D eigenvalue weighted by molar-refractivity contribution is 5.67. The van der Waals surface area contributed by atoms with Gasteiger partial charge >= 0.3 is 12.2 Å². The lowest BCUT2D eigenvalue weighted by molar-refractivity contribution is 0.143. The van der Waals surface area contributed by atoms with Gasteiger partial charge in [-0.3, -0.25) is 0 Å². The second-order valence-corrected chi connectivity index (χ2v) is 3.36. The smallest absolute Gasteiger partial charge is 0.407 e. The summed E-state index contributed by atoms with van der Waals surface area (Å²) in [7, 11) is 0. The summed E-state index contributed by atoms with van der Waals surface area (Å²) in [5, 5.41) is 13.1. The molecule has 0 fully saturated rings. The van der Waals surface area contributed by atoms with Crippen LogP contribution >= 0.6 is 0 Å². The molecule has 0 saturated carbocycles. The first-order valence-corrected chi connectivity index (χ1v) is 5.54. The number of amides is 2. The lowest BCUT2D eigenvalue weighted by Crippen LogP contribution is -2.26. The van der Waals surface area contributed by atoms with Gasteiger partial charge < -0.3 is 20.5 Å². The van der Waals surface area contributed by atoms with Gasteiger partial charge in [-0.2, -0.15) is 0 Å². The molecule has 0 aliphatic heterocycles. The van der Waals surface area contributed by atoms with Gasteiger partial charge in [-0.05, 0) is 19.3 Å². The van der Waals surface area contributed by atoms with Gasteiger partial charge in [0.15, 0.2) is 0 Å². The Bertz CT molecular complexity index is 209. The van der Waals surface area contributed by atoms with Gasteiger partial charge in [0, 0.05) is 13.1 Å². The molecule has 6 heteroatoms. The monoisotopic (exact) mass is 232 g/mol. The van der Waals surface area contributed by atoms with Crippen molar-refractivity contribution in [1.82, 2.24) is 10.6 Å². The average Bonchev–Trinajstić information content (AvgIpc) is 2.23. The van der Waals surface area contributed by atoms with Crippen molar-refractivity contribution < 1.29 is 19.4 Å². The van der Waals surface area contributed by atoms with Crippen LogP contribution in [0.25, 0.3) is 0 Å². The third kappa shape index (κ3) is 10.6. The third-order valence-corrected chi connectivity index (χ3v) is 1.88. The van der Waals surface area contributed by atoms with Crippen LogP contribution in [0.5, 0.6) is 0 Å². The summed E-state index contributed by atoms with van der Waals surface area (Å²) in [5.74, 6) is 0. The maximum absolute atomic E-state index is 11.0. The molecule has 0 radical (unpaired) electrons. The Morgan fingerprint density at radius 2 is 1.81 bits per heavy atom. The Morgan fingerprint density at radius 1 is 1.12 bits per heavy atom. The molecule has 6 nitrogen and oxygen atoms in total. The largest absolute Gasteiger partial charge is 0.465 e. The zero-order chi connectivity index (χ0) is 12.2. The molecule has 0 bridgehead atoms. The van der Waals surface area contributed by atoms with Gasteiger partial charge in [0.2, 0.25) is 0 Å². The minimum absolute atomic E-state index is 0.319. The first kappa shape index (κ1) is 14.5. The van der Waals surface area contributed by atoms with E-state index in [9.17, 15) is 9.59 Å². The summed E-state index contributed by atoms with van der Waals surface area (Å²) in [6, 6.07) is 0. The molecule has 0 aliphatic carbocycles. The fourth-order valence-corrected chi connectivity index (χ4v) is 1.01. The Hall–Kier alpha value is -1.46. The second kappa shape index (κ2) is 10.1. The van der Waals surface area contributed by atoms with Crippen molar-refractivity contribution in [3.05, 3.63) is 0 Å². The van der Waals surface area contributed by atoms with Crippen LogP contribution in [0.3, 0.4) is 0 Å². The van der Waals surface area contributed by atoms with Crippen LogP contribution < -0.4 is 10.6 Å². The first-order valence-electron chi connectivity index (χ1n) is 5.54. The van der Waals surface area contributed by atoms with Gasteiger partial charge in [0.05, 0.1) is 6.61 Å². The molecule has 0 saturated heterocycles. The topological polar surface area (TPSA) is 87.7 Å². The van der Waals surface area contributed by atoms with Crippen LogP contribution in [-0.2, 0) is 4.74 Å². The first-order chi connectivity index (χ1) is 7.66. The summed E-state index contributed by atoms with van der Waals surface area (Å²) >= 11 is 0. The molecule has 0 heterocycles. The van der Waals surface area contributed by atoms with Crippen molar-refractivity contribution in [3.63, 3.8) is 0 Å². The zero-order valence-electron chi connectivity index (χ0n) is 9.62. The van der Waals surface area contributed by atoms with Gasteiger partial charge in [0.1, 0.15) is 0 Å². The van der Waals surface area contributed by atoms with E-state index in [1.54, 1.807) is 0 Å². The Labute approximate surface area is 95.4 Å². The normalized spacial score (nSPS) is 9.56. The number of alkyl carbamates (subject to hydrolysis) is 1. The van der Waals surface area contributed by atoms with Crippen molar-refractivity contribution in [2.75, 3.05) is 19.7 Å². The van der Waals surface area contributed by atoms with Crippen LogP contribution in [0.15, 0.2) is 0 Å². The second-order valence-electron chi connectivity index (χ2n) is 3.36. The number of unbranched alkanes of at least 4 members (excludes halogenated alkanes) is 2. The fraction of sp³-hybridized carbons (Fsp3) is 0.800. The molecular weight excluding hydrogens is 212 g/mol. The Balaban J connectivity index is 3.18. The van der Waals surface area contributed by atoms with Crippen molar-refractivity contribution >= 4 is 12.2 Å². The number of carbonyl (C=O) groups excluding carboxylic acids is 1. The van der Waals surface area contributed by atoms with Gasteiger partial charge in [-0.15, -0.1) is 0 Å². The molecule has 0 atom stereocenters. The number of rotatable bonds is 8. The number of carboxylic acid groups (broad SMARTS) is 1. The SMILES string of the molecule is CCCCNC(=O)OCCCCNC(=O)O. The number of ether oxygens (including phenoxy) is 1. The van der Waals surface area contributed by atoms with Crippen molar-refractivity contribution in [1.29, 1.82) is 0 Å². The van der Waals surface area contributed by atoms with Crippen molar-refractivity contribution in [3.8, 4) is 0 Å². The highest BCUT2D eigenvalue weighted by Crippen LogP contribution is 1.90. The molecule has 0 spiro atoms. The molecule has 2 amide bonds. The molecule has 0 rings (SSSR count). The standard InChI is InChI=1S/C10H20N2O4/c1-2-3-6-12-10(15)16-8-5-4-7-11-9(13)14/h11H,2-8H2,1H3,(H,12,15)(H,13,14). The van der Waals surface area contributed by atoms with E-state index < -0.39 is 12.2 Å². The maximum Gasteiger partial charge on any atom is 0.407 e. The van der Waals surface area contributed by atoms with Gasteiger partial charge in [-0.25, -0.2) is 9.59 Å². The van der Waals surface area contributed by atoms with Gasteiger partial charge in [0.25, 0.3) is 0 Å². The van der Waals surface area contributed by atoms with E-state index in [1.807, 2.05) is 6.92 Å². The number of nitrogens with one attached hydrogen (secondary N) is 2. The maximum atomic E-state index is 11.0. The van der Waals surface area contributed by atoms with E-state index in [4.69, 9.17) is 9.84 Å². The van der Waals surface area contributed by atoms with Crippen LogP contribution in [0.1, 0.15) is 32.6 Å². The fourth-order valence-electron chi connectivity index (χ4n) is 1.01. The summed E-state index contributed by atoms with van der Waals surface area (Å²) in [6.45, 7) is 3.38. The molecule has 0 unspecified atom stereocenters. The van der Waals surface area contributed by atoms with Crippen molar-refractivity contribution in [2.45, 2.75) is 32.6 Å². The lowest BCUT2D eigenvalue weighted by Gasteiger charge is -2.06.